The smallest absolute Gasteiger partial charge is 0.291 e. The molecule has 1 heterocycles. The molecule has 1 N–H and O–H groups in total. The average Bonchev–Trinajstić information content (AvgIpc) is 2.47. The molecule has 0 radical (unpaired) electrons. The van der Waals surface area contributed by atoms with Crippen LogP contribution >= 0.6 is 11.8 Å². The minimum Gasteiger partial charge on any atom is -0.490 e. The molecule has 0 atom stereocenters. The lowest BCUT2D eigenvalue weighted by molar-refractivity contribution is 0.0993. The Hall–Kier alpha value is -2.21. The molecule has 6 heteroatoms. The van der Waals surface area contributed by atoms with Gasteiger partial charge in [-0.3, -0.25) is 9.59 Å². The monoisotopic (exact) mass is 291 g/mol. The molecule has 1 aromatic heterocycles. The lowest BCUT2D eigenvalue weighted by atomic mass is 10.3. The van der Waals surface area contributed by atoms with E-state index in [0.29, 0.717) is 5.69 Å². The number of carbonyl (C=O) groups excluding carboxylic acids is 1. The van der Waals surface area contributed by atoms with Crippen LogP contribution in [0.1, 0.15) is 10.6 Å². The molecule has 2 aromatic rings. The third-order valence-corrected chi connectivity index (χ3v) is 3.39. The van der Waals surface area contributed by atoms with Gasteiger partial charge in [0.1, 0.15) is 6.26 Å². The van der Waals surface area contributed by atoms with E-state index in [-0.39, 0.29) is 11.5 Å². The van der Waals surface area contributed by atoms with Crippen molar-refractivity contribution in [3.05, 3.63) is 52.6 Å². The highest BCUT2D eigenvalue weighted by molar-refractivity contribution is 7.98. The van der Waals surface area contributed by atoms with Crippen molar-refractivity contribution in [1.82, 2.24) is 0 Å². The molecular formula is C14H13NO4S. The summed E-state index contributed by atoms with van der Waals surface area (Å²) in [5.41, 5.74) is 0.269. The standard InChI is InChI=1S/C14H13NO4S/c1-18-12-8-19-11(7-10(12)16)14(17)15-9-5-3-4-6-13(9)20-2/h3-8H,1-2H3,(H,15,17). The van der Waals surface area contributed by atoms with E-state index in [0.717, 1.165) is 17.2 Å². The Bertz CT molecular complexity index is 681. The van der Waals surface area contributed by atoms with E-state index in [1.807, 2.05) is 24.5 Å². The summed E-state index contributed by atoms with van der Waals surface area (Å²) in [6, 6.07) is 8.49. The summed E-state index contributed by atoms with van der Waals surface area (Å²) in [7, 11) is 1.36. The Morgan fingerprint density at radius 2 is 2.10 bits per heavy atom. The minimum atomic E-state index is -0.480. The van der Waals surface area contributed by atoms with E-state index >= 15 is 0 Å². The van der Waals surface area contributed by atoms with E-state index in [9.17, 15) is 9.59 Å². The molecule has 0 saturated carbocycles. The second kappa shape index (κ2) is 6.29. The van der Waals surface area contributed by atoms with Gasteiger partial charge in [0.15, 0.2) is 5.76 Å². The van der Waals surface area contributed by atoms with Crippen LogP contribution in [0.2, 0.25) is 0 Å². The molecule has 0 unspecified atom stereocenters. The Balaban J connectivity index is 2.24. The van der Waals surface area contributed by atoms with Crippen LogP contribution in [0.4, 0.5) is 5.69 Å². The number of hydrogen-bond donors (Lipinski definition) is 1. The molecule has 0 aliphatic rings. The molecule has 2 rings (SSSR count). The molecule has 0 fully saturated rings. The highest BCUT2D eigenvalue weighted by Crippen LogP contribution is 2.25. The molecule has 20 heavy (non-hydrogen) atoms. The molecule has 1 amide bonds. The molecule has 1 aromatic carbocycles. The molecule has 5 nitrogen and oxygen atoms in total. The fourth-order valence-corrected chi connectivity index (χ4v) is 2.15. The fraction of sp³-hybridized carbons (Fsp3) is 0.143. The molecule has 0 aliphatic carbocycles. The molecule has 0 spiro atoms. The SMILES string of the molecule is COc1coc(C(=O)Nc2ccccc2SC)cc1=O. The van der Waals surface area contributed by atoms with Crippen LogP contribution in [-0.4, -0.2) is 19.3 Å². The van der Waals surface area contributed by atoms with Gasteiger partial charge in [0.25, 0.3) is 5.91 Å². The molecule has 104 valence electrons. The summed E-state index contributed by atoms with van der Waals surface area (Å²) in [5.74, 6) is -0.482. The summed E-state index contributed by atoms with van der Waals surface area (Å²) < 4.78 is 9.89. The average molecular weight is 291 g/mol. The Kier molecular flexibility index (Phi) is 4.47. The number of methoxy groups -OCH3 is 1. The molecule has 0 bridgehead atoms. The Morgan fingerprint density at radius 3 is 2.75 bits per heavy atom. The number of benzene rings is 1. The van der Waals surface area contributed by atoms with Gasteiger partial charge in [-0.05, 0) is 18.4 Å². The van der Waals surface area contributed by atoms with E-state index in [4.69, 9.17) is 9.15 Å². The number of para-hydroxylation sites is 1. The van der Waals surface area contributed by atoms with Crippen molar-refractivity contribution < 1.29 is 13.9 Å². The van der Waals surface area contributed by atoms with Gasteiger partial charge in [0, 0.05) is 11.0 Å². The van der Waals surface area contributed by atoms with E-state index in [1.54, 1.807) is 6.07 Å². The van der Waals surface area contributed by atoms with Crippen LogP contribution in [0.3, 0.4) is 0 Å². The third kappa shape index (κ3) is 3.03. The molecular weight excluding hydrogens is 278 g/mol. The van der Waals surface area contributed by atoms with Gasteiger partial charge in [-0.15, -0.1) is 11.8 Å². The quantitative estimate of drug-likeness (QED) is 0.877. The van der Waals surface area contributed by atoms with Crippen molar-refractivity contribution in [3.8, 4) is 5.75 Å². The lowest BCUT2D eigenvalue weighted by Gasteiger charge is -2.08. The van der Waals surface area contributed by atoms with Crippen molar-refractivity contribution in [2.75, 3.05) is 18.7 Å². The topological polar surface area (TPSA) is 68.5 Å². The maximum atomic E-state index is 12.0. The Labute approximate surface area is 119 Å². The fourth-order valence-electron chi connectivity index (χ4n) is 1.60. The third-order valence-electron chi connectivity index (χ3n) is 2.60. The van der Waals surface area contributed by atoms with Crippen molar-refractivity contribution in [2.45, 2.75) is 4.90 Å². The minimum absolute atomic E-state index is 0.0612. The van der Waals surface area contributed by atoms with Crippen molar-refractivity contribution in [3.63, 3.8) is 0 Å². The van der Waals surface area contributed by atoms with Crippen LogP contribution in [-0.2, 0) is 0 Å². The maximum absolute atomic E-state index is 12.0. The first kappa shape index (κ1) is 14.2. The number of amides is 1. The number of nitrogens with one attached hydrogen (secondary N) is 1. The second-order valence-electron chi connectivity index (χ2n) is 3.83. The summed E-state index contributed by atoms with van der Waals surface area (Å²) in [6.07, 6.45) is 3.04. The van der Waals surface area contributed by atoms with Gasteiger partial charge in [-0.1, -0.05) is 12.1 Å². The van der Waals surface area contributed by atoms with Gasteiger partial charge in [-0.2, -0.15) is 0 Å². The number of hydrogen-bond acceptors (Lipinski definition) is 5. The van der Waals surface area contributed by atoms with E-state index in [1.165, 1.54) is 18.9 Å². The number of anilines is 1. The van der Waals surface area contributed by atoms with Crippen molar-refractivity contribution >= 4 is 23.4 Å². The maximum Gasteiger partial charge on any atom is 0.291 e. The lowest BCUT2D eigenvalue weighted by Crippen LogP contribution is -2.15. The number of carbonyl (C=O) groups is 1. The second-order valence-corrected chi connectivity index (χ2v) is 4.68. The largest absolute Gasteiger partial charge is 0.490 e. The predicted octanol–water partition coefficient (Wildman–Crippen LogP) is 2.62. The summed E-state index contributed by atoms with van der Waals surface area (Å²) in [5, 5.41) is 2.71. The Morgan fingerprint density at radius 1 is 1.35 bits per heavy atom. The zero-order chi connectivity index (χ0) is 14.5. The van der Waals surface area contributed by atoms with Gasteiger partial charge in [0.2, 0.25) is 11.2 Å². The number of rotatable bonds is 4. The zero-order valence-corrected chi connectivity index (χ0v) is 11.8. The van der Waals surface area contributed by atoms with Crippen molar-refractivity contribution in [1.29, 1.82) is 0 Å². The van der Waals surface area contributed by atoms with Crippen LogP contribution in [0.25, 0.3) is 0 Å². The summed E-state index contributed by atoms with van der Waals surface area (Å²) in [4.78, 5) is 24.5. The first-order chi connectivity index (χ1) is 9.65. The number of ether oxygens (including phenoxy) is 1. The number of thioether (sulfide) groups is 1. The molecule has 0 aliphatic heterocycles. The van der Waals surface area contributed by atoms with Gasteiger partial charge >= 0.3 is 0 Å². The van der Waals surface area contributed by atoms with E-state index < -0.39 is 11.3 Å². The predicted molar refractivity (Wildman–Crippen MR) is 77.7 cm³/mol. The van der Waals surface area contributed by atoms with Crippen LogP contribution < -0.4 is 15.5 Å². The normalized spacial score (nSPS) is 10.1. The van der Waals surface area contributed by atoms with E-state index in [2.05, 4.69) is 5.32 Å². The van der Waals surface area contributed by atoms with Crippen LogP contribution in [0.15, 0.2) is 50.7 Å². The zero-order valence-electron chi connectivity index (χ0n) is 11.0. The highest BCUT2D eigenvalue weighted by Gasteiger charge is 2.13. The van der Waals surface area contributed by atoms with Gasteiger partial charge in [-0.25, -0.2) is 0 Å². The van der Waals surface area contributed by atoms with Gasteiger partial charge in [0.05, 0.1) is 12.8 Å². The summed E-state index contributed by atoms with van der Waals surface area (Å²) >= 11 is 1.51. The molecule has 0 saturated heterocycles. The summed E-state index contributed by atoms with van der Waals surface area (Å²) in [6.45, 7) is 0. The first-order valence-electron chi connectivity index (χ1n) is 5.77. The highest BCUT2D eigenvalue weighted by atomic mass is 32.2. The first-order valence-corrected chi connectivity index (χ1v) is 6.99. The van der Waals surface area contributed by atoms with Crippen LogP contribution in [0.5, 0.6) is 5.75 Å². The van der Waals surface area contributed by atoms with Crippen molar-refractivity contribution in [2.24, 2.45) is 0 Å². The van der Waals surface area contributed by atoms with Crippen LogP contribution in [0, 0.1) is 0 Å². The van der Waals surface area contributed by atoms with Gasteiger partial charge < -0.3 is 14.5 Å².